The number of ketones is 1. The summed E-state index contributed by atoms with van der Waals surface area (Å²) in [6.45, 7) is 5.27. The highest BCUT2D eigenvalue weighted by molar-refractivity contribution is 9.10. The lowest BCUT2D eigenvalue weighted by Gasteiger charge is -2.20. The monoisotopic (exact) mass is 383 g/mol. The summed E-state index contributed by atoms with van der Waals surface area (Å²) in [5.41, 5.74) is 0.623. The highest BCUT2D eigenvalue weighted by atomic mass is 79.9. The van der Waals surface area contributed by atoms with Crippen molar-refractivity contribution in [2.24, 2.45) is 5.92 Å². The van der Waals surface area contributed by atoms with Crippen molar-refractivity contribution in [2.75, 3.05) is 11.9 Å². The van der Waals surface area contributed by atoms with Gasteiger partial charge < -0.3 is 16.0 Å². The van der Waals surface area contributed by atoms with Crippen LogP contribution in [0.3, 0.4) is 0 Å². The zero-order valence-electron chi connectivity index (χ0n) is 13.5. The molecule has 0 saturated heterocycles. The van der Waals surface area contributed by atoms with Crippen LogP contribution in [0.15, 0.2) is 28.7 Å². The summed E-state index contributed by atoms with van der Waals surface area (Å²) < 4.78 is 0.907. The fourth-order valence-electron chi connectivity index (χ4n) is 1.90. The Morgan fingerprint density at radius 1 is 1.13 bits per heavy atom. The molecular formula is C16H22BrN3O3. The van der Waals surface area contributed by atoms with Gasteiger partial charge in [0.25, 0.3) is 0 Å². The van der Waals surface area contributed by atoms with E-state index >= 15 is 0 Å². The molecule has 1 rings (SSSR count). The molecule has 3 N–H and O–H groups in total. The van der Waals surface area contributed by atoms with Crippen molar-refractivity contribution < 1.29 is 14.4 Å². The Labute approximate surface area is 144 Å². The lowest BCUT2D eigenvalue weighted by Crippen LogP contribution is -2.49. The van der Waals surface area contributed by atoms with Gasteiger partial charge in [0, 0.05) is 10.2 Å². The van der Waals surface area contributed by atoms with Gasteiger partial charge in [-0.25, -0.2) is 4.79 Å². The topological polar surface area (TPSA) is 87.3 Å². The summed E-state index contributed by atoms with van der Waals surface area (Å²) in [7, 11) is 0. The molecule has 3 amide bonds. The van der Waals surface area contributed by atoms with E-state index in [1.165, 1.54) is 6.92 Å². The molecule has 7 heteroatoms. The van der Waals surface area contributed by atoms with Crippen molar-refractivity contribution >= 4 is 39.3 Å². The van der Waals surface area contributed by atoms with Crippen LogP contribution < -0.4 is 16.0 Å². The summed E-state index contributed by atoms with van der Waals surface area (Å²) >= 11 is 3.32. The number of hydrogen-bond donors (Lipinski definition) is 3. The summed E-state index contributed by atoms with van der Waals surface area (Å²) in [6.07, 6.45) is 0.484. The van der Waals surface area contributed by atoms with Gasteiger partial charge in [-0.3, -0.25) is 9.59 Å². The van der Waals surface area contributed by atoms with Crippen LogP contribution in [-0.4, -0.2) is 30.3 Å². The first-order chi connectivity index (χ1) is 10.8. The molecule has 126 valence electrons. The van der Waals surface area contributed by atoms with Crippen molar-refractivity contribution in [2.45, 2.75) is 33.2 Å². The van der Waals surface area contributed by atoms with Gasteiger partial charge in [-0.2, -0.15) is 0 Å². The fraction of sp³-hybridized carbons (Fsp3) is 0.438. The van der Waals surface area contributed by atoms with Gasteiger partial charge in [0.1, 0.15) is 11.8 Å². The SMILES string of the molecule is CC(=O)CNC(=O)[C@H](CC(C)C)NC(=O)Nc1ccc(Br)cc1. The quantitative estimate of drug-likeness (QED) is 0.676. The van der Waals surface area contributed by atoms with E-state index in [0.717, 1.165) is 4.47 Å². The van der Waals surface area contributed by atoms with Crippen LogP contribution in [0.2, 0.25) is 0 Å². The number of carbonyl (C=O) groups excluding carboxylic acids is 3. The van der Waals surface area contributed by atoms with Crippen LogP contribution in [0.5, 0.6) is 0 Å². The summed E-state index contributed by atoms with van der Waals surface area (Å²) in [4.78, 5) is 35.1. The zero-order chi connectivity index (χ0) is 17.4. The summed E-state index contributed by atoms with van der Waals surface area (Å²) in [5.74, 6) is -0.281. The third-order valence-electron chi connectivity index (χ3n) is 2.94. The smallest absolute Gasteiger partial charge is 0.319 e. The zero-order valence-corrected chi connectivity index (χ0v) is 15.1. The molecule has 0 radical (unpaired) electrons. The molecule has 0 spiro atoms. The van der Waals surface area contributed by atoms with Crippen molar-refractivity contribution in [3.63, 3.8) is 0 Å². The molecule has 23 heavy (non-hydrogen) atoms. The molecule has 0 aromatic heterocycles. The number of halogens is 1. The first-order valence-corrected chi connectivity index (χ1v) is 8.17. The molecule has 0 fully saturated rings. The molecule has 0 aliphatic rings. The molecule has 6 nitrogen and oxygen atoms in total. The van der Waals surface area contributed by atoms with Crippen LogP contribution in [-0.2, 0) is 9.59 Å². The molecule has 0 unspecified atom stereocenters. The molecule has 1 atom stereocenters. The number of Topliss-reactive ketones (excluding diaryl/α,β-unsaturated/α-hetero) is 1. The second kappa shape index (κ2) is 9.29. The Morgan fingerprint density at radius 2 is 1.74 bits per heavy atom. The first-order valence-electron chi connectivity index (χ1n) is 7.38. The standard InChI is InChI=1S/C16H22BrN3O3/c1-10(2)8-14(15(22)18-9-11(3)21)20-16(23)19-13-6-4-12(17)5-7-13/h4-7,10,14H,8-9H2,1-3H3,(H,18,22)(H2,19,20,23)/t14-/m0/s1. The third kappa shape index (κ3) is 7.78. The molecular weight excluding hydrogens is 362 g/mol. The van der Waals surface area contributed by atoms with E-state index in [1.807, 2.05) is 13.8 Å². The maximum absolute atomic E-state index is 12.1. The number of carbonyl (C=O) groups is 3. The highest BCUT2D eigenvalue weighted by Crippen LogP contribution is 2.14. The number of nitrogens with one attached hydrogen (secondary N) is 3. The highest BCUT2D eigenvalue weighted by Gasteiger charge is 2.22. The molecule has 0 aliphatic heterocycles. The molecule has 0 heterocycles. The average molecular weight is 384 g/mol. The largest absolute Gasteiger partial charge is 0.347 e. The average Bonchev–Trinajstić information content (AvgIpc) is 2.46. The molecule has 0 bridgehead atoms. The van der Waals surface area contributed by atoms with Crippen LogP contribution in [0, 0.1) is 5.92 Å². The lowest BCUT2D eigenvalue weighted by molar-refractivity contribution is -0.126. The van der Waals surface area contributed by atoms with Gasteiger partial charge in [0.15, 0.2) is 0 Å². The number of anilines is 1. The minimum atomic E-state index is -0.690. The molecule has 0 aliphatic carbocycles. The van der Waals surface area contributed by atoms with Gasteiger partial charge in [-0.1, -0.05) is 29.8 Å². The minimum Gasteiger partial charge on any atom is -0.347 e. The van der Waals surface area contributed by atoms with E-state index < -0.39 is 12.1 Å². The summed E-state index contributed by atoms with van der Waals surface area (Å²) in [6, 6.07) is 5.95. The third-order valence-corrected chi connectivity index (χ3v) is 3.47. The van der Waals surface area contributed by atoms with Crippen LogP contribution in [0.1, 0.15) is 27.2 Å². The predicted molar refractivity (Wildman–Crippen MR) is 93.2 cm³/mol. The number of rotatable bonds is 7. The van der Waals surface area contributed by atoms with Gasteiger partial charge in [-0.05, 0) is 43.5 Å². The number of amides is 3. The number of benzene rings is 1. The van der Waals surface area contributed by atoms with Gasteiger partial charge in [-0.15, -0.1) is 0 Å². The minimum absolute atomic E-state index is 0.0383. The normalized spacial score (nSPS) is 11.7. The van der Waals surface area contributed by atoms with E-state index in [1.54, 1.807) is 24.3 Å². The van der Waals surface area contributed by atoms with E-state index in [2.05, 4.69) is 31.9 Å². The van der Waals surface area contributed by atoms with Crippen molar-refractivity contribution in [1.82, 2.24) is 10.6 Å². The Balaban J connectivity index is 2.64. The second-order valence-corrected chi connectivity index (χ2v) is 6.62. The Hall–Kier alpha value is -1.89. The summed E-state index contributed by atoms with van der Waals surface area (Å²) in [5, 5.41) is 7.85. The van der Waals surface area contributed by atoms with E-state index in [-0.39, 0.29) is 24.2 Å². The van der Waals surface area contributed by atoms with E-state index in [9.17, 15) is 14.4 Å². The first kappa shape index (κ1) is 19.2. The van der Waals surface area contributed by atoms with Crippen LogP contribution >= 0.6 is 15.9 Å². The maximum atomic E-state index is 12.1. The van der Waals surface area contributed by atoms with Crippen LogP contribution in [0.25, 0.3) is 0 Å². The predicted octanol–water partition coefficient (Wildman–Crippen LogP) is 2.69. The number of hydrogen-bond acceptors (Lipinski definition) is 3. The maximum Gasteiger partial charge on any atom is 0.319 e. The lowest BCUT2D eigenvalue weighted by atomic mass is 10.0. The van der Waals surface area contributed by atoms with Crippen LogP contribution in [0.4, 0.5) is 10.5 Å². The van der Waals surface area contributed by atoms with Gasteiger partial charge in [0.2, 0.25) is 5.91 Å². The Morgan fingerprint density at radius 3 is 2.26 bits per heavy atom. The molecule has 0 saturated carbocycles. The van der Waals surface area contributed by atoms with E-state index in [0.29, 0.717) is 12.1 Å². The van der Waals surface area contributed by atoms with Gasteiger partial charge in [0.05, 0.1) is 6.54 Å². The molecule has 1 aromatic rings. The number of urea groups is 1. The van der Waals surface area contributed by atoms with Gasteiger partial charge >= 0.3 is 6.03 Å². The van der Waals surface area contributed by atoms with E-state index in [4.69, 9.17) is 0 Å². The Kier molecular flexibility index (Phi) is 7.74. The van der Waals surface area contributed by atoms with Crippen molar-refractivity contribution in [1.29, 1.82) is 0 Å². The molecule has 1 aromatic carbocycles. The second-order valence-electron chi connectivity index (χ2n) is 5.71. The van der Waals surface area contributed by atoms with Crippen molar-refractivity contribution in [3.8, 4) is 0 Å². The fourth-order valence-corrected chi connectivity index (χ4v) is 2.16. The van der Waals surface area contributed by atoms with Crippen molar-refractivity contribution in [3.05, 3.63) is 28.7 Å². The Bertz CT molecular complexity index is 558.